The third kappa shape index (κ3) is 3.60. The van der Waals surface area contributed by atoms with Gasteiger partial charge >= 0.3 is 0 Å². The highest BCUT2D eigenvalue weighted by Gasteiger charge is 2.33. The third-order valence-electron chi connectivity index (χ3n) is 4.87. The van der Waals surface area contributed by atoms with Crippen LogP contribution in [0.4, 0.5) is 0 Å². The molecule has 0 aliphatic heterocycles. The molecule has 2 rings (SSSR count). The Hall–Kier alpha value is -0.900. The Bertz CT molecular complexity index is 425. The summed E-state index contributed by atoms with van der Waals surface area (Å²) in [5, 5.41) is 4.18. The van der Waals surface area contributed by atoms with Crippen LogP contribution in [0.1, 0.15) is 77.9 Å². The summed E-state index contributed by atoms with van der Waals surface area (Å²) in [6.07, 6.45) is 7.64. The molecule has 20 heavy (non-hydrogen) atoms. The second-order valence-electron chi connectivity index (χ2n) is 7.55. The van der Waals surface area contributed by atoms with E-state index in [1.807, 2.05) is 0 Å². The van der Waals surface area contributed by atoms with Crippen molar-refractivity contribution in [3.8, 4) is 0 Å². The molecule has 1 aromatic rings. The van der Waals surface area contributed by atoms with Gasteiger partial charge in [-0.1, -0.05) is 58.5 Å². The predicted molar refractivity (Wildman–Crippen MR) is 80.2 cm³/mol. The lowest BCUT2D eigenvalue weighted by molar-refractivity contribution is 0.235. The lowest BCUT2D eigenvalue weighted by Gasteiger charge is -2.25. The number of hydrogen-bond donors (Lipinski definition) is 1. The standard InChI is InChI=1S/C16H29N3O/c1-12(15(2,3)4)11-13-18-14(19-20-13)16(17)9-7-5-6-8-10-16/h12H,5-11,17H2,1-4H3. The normalized spacial score (nSPS) is 21.4. The van der Waals surface area contributed by atoms with E-state index in [9.17, 15) is 0 Å². The Labute approximate surface area is 122 Å². The summed E-state index contributed by atoms with van der Waals surface area (Å²) in [6, 6.07) is 0. The van der Waals surface area contributed by atoms with Crippen LogP contribution in [0.3, 0.4) is 0 Å². The van der Waals surface area contributed by atoms with Gasteiger partial charge in [0.2, 0.25) is 5.89 Å². The van der Waals surface area contributed by atoms with Crippen molar-refractivity contribution < 1.29 is 4.52 Å². The minimum atomic E-state index is -0.372. The molecule has 0 spiro atoms. The van der Waals surface area contributed by atoms with Crippen LogP contribution in [0.15, 0.2) is 4.52 Å². The molecule has 1 fully saturated rings. The zero-order valence-electron chi connectivity index (χ0n) is 13.4. The maximum atomic E-state index is 6.53. The number of aromatic nitrogens is 2. The molecule has 114 valence electrons. The average Bonchev–Trinajstić information content (AvgIpc) is 2.71. The maximum Gasteiger partial charge on any atom is 0.227 e. The van der Waals surface area contributed by atoms with Gasteiger partial charge in [-0.2, -0.15) is 4.98 Å². The van der Waals surface area contributed by atoms with Crippen LogP contribution in [0, 0.1) is 11.3 Å². The van der Waals surface area contributed by atoms with Gasteiger partial charge in [0.05, 0.1) is 5.54 Å². The van der Waals surface area contributed by atoms with E-state index in [1.54, 1.807) is 0 Å². The number of rotatable bonds is 3. The zero-order chi connectivity index (χ0) is 14.8. The Kier molecular flexibility index (Phi) is 4.52. The Morgan fingerprint density at radius 2 is 1.80 bits per heavy atom. The Morgan fingerprint density at radius 1 is 1.20 bits per heavy atom. The second-order valence-corrected chi connectivity index (χ2v) is 7.55. The van der Waals surface area contributed by atoms with Crippen molar-refractivity contribution >= 4 is 0 Å². The van der Waals surface area contributed by atoms with Crippen molar-refractivity contribution in [1.29, 1.82) is 0 Å². The van der Waals surface area contributed by atoms with Crippen molar-refractivity contribution in [3.05, 3.63) is 11.7 Å². The van der Waals surface area contributed by atoms with Gasteiger partial charge in [0.25, 0.3) is 0 Å². The first-order chi connectivity index (χ1) is 9.31. The van der Waals surface area contributed by atoms with Crippen LogP contribution in [0.25, 0.3) is 0 Å². The first-order valence-electron chi connectivity index (χ1n) is 7.93. The van der Waals surface area contributed by atoms with Gasteiger partial charge in [0.15, 0.2) is 5.82 Å². The molecule has 0 aromatic carbocycles. The van der Waals surface area contributed by atoms with Gasteiger partial charge in [-0.05, 0) is 24.2 Å². The van der Waals surface area contributed by atoms with Crippen LogP contribution in [0.5, 0.6) is 0 Å². The summed E-state index contributed by atoms with van der Waals surface area (Å²) < 4.78 is 5.45. The summed E-state index contributed by atoms with van der Waals surface area (Å²) in [5.74, 6) is 1.95. The monoisotopic (exact) mass is 279 g/mol. The molecule has 0 saturated heterocycles. The molecule has 4 heteroatoms. The van der Waals surface area contributed by atoms with E-state index >= 15 is 0 Å². The van der Waals surface area contributed by atoms with Crippen molar-refractivity contribution in [1.82, 2.24) is 10.1 Å². The molecule has 4 nitrogen and oxygen atoms in total. The van der Waals surface area contributed by atoms with E-state index in [0.717, 1.165) is 31.0 Å². The van der Waals surface area contributed by atoms with Gasteiger partial charge in [-0.15, -0.1) is 0 Å². The maximum absolute atomic E-state index is 6.53. The highest BCUT2D eigenvalue weighted by molar-refractivity contribution is 5.05. The number of nitrogens with two attached hydrogens (primary N) is 1. The third-order valence-corrected chi connectivity index (χ3v) is 4.87. The number of hydrogen-bond acceptors (Lipinski definition) is 4. The highest BCUT2D eigenvalue weighted by Crippen LogP contribution is 2.33. The van der Waals surface area contributed by atoms with Gasteiger partial charge in [0, 0.05) is 6.42 Å². The van der Waals surface area contributed by atoms with Crippen LogP contribution in [-0.2, 0) is 12.0 Å². The topological polar surface area (TPSA) is 64.9 Å². The van der Waals surface area contributed by atoms with E-state index in [4.69, 9.17) is 10.3 Å². The lowest BCUT2D eigenvalue weighted by Crippen LogP contribution is -2.37. The van der Waals surface area contributed by atoms with Gasteiger partial charge in [-0.3, -0.25) is 0 Å². The highest BCUT2D eigenvalue weighted by atomic mass is 16.5. The fourth-order valence-corrected chi connectivity index (χ4v) is 2.69. The summed E-state index contributed by atoms with van der Waals surface area (Å²) in [6.45, 7) is 8.95. The first kappa shape index (κ1) is 15.5. The van der Waals surface area contributed by atoms with Crippen LogP contribution in [-0.4, -0.2) is 10.1 Å². The summed E-state index contributed by atoms with van der Waals surface area (Å²) >= 11 is 0. The van der Waals surface area contributed by atoms with Crippen LogP contribution >= 0.6 is 0 Å². The molecule has 1 aliphatic carbocycles. The van der Waals surface area contributed by atoms with E-state index < -0.39 is 0 Å². The SMILES string of the molecule is CC(Cc1nc(C2(N)CCCCCC2)no1)C(C)(C)C. The van der Waals surface area contributed by atoms with E-state index in [2.05, 4.69) is 37.8 Å². The molecule has 1 aromatic heterocycles. The van der Waals surface area contributed by atoms with Crippen molar-refractivity contribution in [2.24, 2.45) is 17.1 Å². The van der Waals surface area contributed by atoms with E-state index in [0.29, 0.717) is 5.92 Å². The predicted octanol–water partition coefficient (Wildman–Crippen LogP) is 3.80. The number of nitrogens with zero attached hydrogens (tertiary/aromatic N) is 2. The van der Waals surface area contributed by atoms with Crippen molar-refractivity contribution in [2.75, 3.05) is 0 Å². The summed E-state index contributed by atoms with van der Waals surface area (Å²) in [7, 11) is 0. The van der Waals surface area contributed by atoms with Gasteiger partial charge in [-0.25, -0.2) is 0 Å². The molecule has 1 saturated carbocycles. The molecule has 2 N–H and O–H groups in total. The van der Waals surface area contributed by atoms with Crippen molar-refractivity contribution in [2.45, 2.75) is 78.2 Å². The van der Waals surface area contributed by atoms with Gasteiger partial charge < -0.3 is 10.3 Å². The van der Waals surface area contributed by atoms with Gasteiger partial charge in [0.1, 0.15) is 0 Å². The molecule has 0 radical (unpaired) electrons. The molecule has 1 atom stereocenters. The quantitative estimate of drug-likeness (QED) is 0.855. The average molecular weight is 279 g/mol. The van der Waals surface area contributed by atoms with E-state index in [1.165, 1.54) is 25.7 Å². The Morgan fingerprint density at radius 3 is 2.35 bits per heavy atom. The Balaban J connectivity index is 2.08. The summed E-state index contributed by atoms with van der Waals surface area (Å²) in [5.41, 5.74) is 6.40. The largest absolute Gasteiger partial charge is 0.339 e. The van der Waals surface area contributed by atoms with E-state index in [-0.39, 0.29) is 11.0 Å². The minimum Gasteiger partial charge on any atom is -0.339 e. The fraction of sp³-hybridized carbons (Fsp3) is 0.875. The smallest absolute Gasteiger partial charge is 0.227 e. The molecular formula is C16H29N3O. The van der Waals surface area contributed by atoms with Crippen molar-refractivity contribution in [3.63, 3.8) is 0 Å². The second kappa shape index (κ2) is 5.84. The fourth-order valence-electron chi connectivity index (χ4n) is 2.69. The first-order valence-corrected chi connectivity index (χ1v) is 7.93. The van der Waals surface area contributed by atoms with Crippen LogP contribution < -0.4 is 5.73 Å². The summed E-state index contributed by atoms with van der Waals surface area (Å²) in [4.78, 5) is 4.60. The molecule has 1 aliphatic rings. The molecule has 1 heterocycles. The zero-order valence-corrected chi connectivity index (χ0v) is 13.4. The lowest BCUT2D eigenvalue weighted by atomic mass is 9.80. The molecular weight excluding hydrogens is 250 g/mol. The molecule has 0 amide bonds. The molecule has 0 bridgehead atoms. The minimum absolute atomic E-state index is 0.247. The van der Waals surface area contributed by atoms with Crippen LogP contribution in [0.2, 0.25) is 0 Å². The molecule has 1 unspecified atom stereocenters.